The van der Waals surface area contributed by atoms with Gasteiger partial charge >= 0.3 is 0 Å². The van der Waals surface area contributed by atoms with Crippen LogP contribution in [0.5, 0.6) is 0 Å². The third-order valence-corrected chi connectivity index (χ3v) is 8.20. The van der Waals surface area contributed by atoms with Gasteiger partial charge in [0.05, 0.1) is 6.07 Å². The minimum absolute atomic E-state index is 0.0361. The molecule has 3 atom stereocenters. The number of hydrogen-bond acceptors (Lipinski definition) is 6. The highest BCUT2D eigenvalue weighted by Crippen LogP contribution is 2.33. The van der Waals surface area contributed by atoms with Gasteiger partial charge < -0.3 is 10.2 Å². The lowest BCUT2D eigenvalue weighted by Crippen LogP contribution is -2.48. The van der Waals surface area contributed by atoms with E-state index in [1.807, 2.05) is 32.6 Å². The van der Waals surface area contributed by atoms with Crippen molar-refractivity contribution in [3.05, 3.63) is 17.8 Å². The Bertz CT molecular complexity index is 956. The van der Waals surface area contributed by atoms with Crippen LogP contribution in [0.1, 0.15) is 58.6 Å². The average Bonchev–Trinajstić information content (AvgIpc) is 3.38. The minimum Gasteiger partial charge on any atom is -0.353 e. The maximum Gasteiger partial charge on any atom is 0.247 e. The second-order valence-corrected chi connectivity index (χ2v) is 10.6. The fraction of sp³-hybridized carbons (Fsp3) is 0.682. The largest absolute Gasteiger partial charge is 0.353 e. The van der Waals surface area contributed by atoms with Gasteiger partial charge in [-0.25, -0.2) is 13.4 Å². The van der Waals surface area contributed by atoms with E-state index in [-0.39, 0.29) is 28.8 Å². The first-order valence-corrected chi connectivity index (χ1v) is 12.6. The van der Waals surface area contributed by atoms with Crippen LogP contribution in [0.15, 0.2) is 17.0 Å². The number of hydrogen-bond donors (Lipinski definition) is 1. The molecule has 3 rings (SSSR count). The maximum absolute atomic E-state index is 13.7. The number of aryl methyl sites for hydroxylation is 1. The molecule has 9 heteroatoms. The van der Waals surface area contributed by atoms with Crippen molar-refractivity contribution >= 4 is 21.7 Å². The Labute approximate surface area is 185 Å². The van der Waals surface area contributed by atoms with Crippen LogP contribution >= 0.6 is 0 Å². The van der Waals surface area contributed by atoms with Gasteiger partial charge in [-0.3, -0.25) is 4.79 Å². The standard InChI is InChI=1S/C22H33N5O3S/c1-5-26(15(2)3)21-20(11-8-16(4)24-21)31(29,30)27-12-6-7-19(27)22(28)25-18-10-9-17(13-18)14-23/h8,11,15,17-19H,5-7,9-10,12-13H2,1-4H3,(H,25,28)/t17-,18+,19-/m0/s1. The number of amides is 1. The van der Waals surface area contributed by atoms with Crippen molar-refractivity contribution in [1.82, 2.24) is 14.6 Å². The molecule has 0 aromatic carbocycles. The summed E-state index contributed by atoms with van der Waals surface area (Å²) >= 11 is 0. The van der Waals surface area contributed by atoms with Crippen LogP contribution in [0.2, 0.25) is 0 Å². The van der Waals surface area contributed by atoms with Crippen molar-refractivity contribution < 1.29 is 13.2 Å². The fourth-order valence-electron chi connectivity index (χ4n) is 4.64. The molecular weight excluding hydrogens is 414 g/mol. The zero-order valence-electron chi connectivity index (χ0n) is 18.8. The number of nitrogens with one attached hydrogen (secondary N) is 1. The molecule has 1 aromatic rings. The van der Waals surface area contributed by atoms with Crippen molar-refractivity contribution in [3.8, 4) is 6.07 Å². The lowest BCUT2D eigenvalue weighted by Gasteiger charge is -2.31. The number of nitrogens with zero attached hydrogens (tertiary/aromatic N) is 4. The Morgan fingerprint density at radius 3 is 2.71 bits per heavy atom. The zero-order valence-corrected chi connectivity index (χ0v) is 19.7. The molecular formula is C22H33N5O3S. The molecule has 0 spiro atoms. The summed E-state index contributed by atoms with van der Waals surface area (Å²) in [5, 5.41) is 12.1. The lowest BCUT2D eigenvalue weighted by atomic mass is 10.1. The van der Waals surface area contributed by atoms with E-state index in [0.717, 1.165) is 18.5 Å². The summed E-state index contributed by atoms with van der Waals surface area (Å²) in [7, 11) is -3.90. The molecule has 1 N–H and O–H groups in total. The molecule has 1 saturated carbocycles. The van der Waals surface area contributed by atoms with Crippen LogP contribution in [0.25, 0.3) is 0 Å². The second-order valence-electron chi connectivity index (χ2n) is 8.77. The van der Waals surface area contributed by atoms with E-state index >= 15 is 0 Å². The average molecular weight is 448 g/mol. The van der Waals surface area contributed by atoms with Gasteiger partial charge in [0, 0.05) is 36.8 Å². The van der Waals surface area contributed by atoms with Crippen LogP contribution in [-0.2, 0) is 14.8 Å². The predicted octanol–water partition coefficient (Wildman–Crippen LogP) is 2.59. The topological polar surface area (TPSA) is 106 Å². The molecule has 2 aliphatic rings. The molecule has 0 bridgehead atoms. The van der Waals surface area contributed by atoms with Gasteiger partial charge in [0.1, 0.15) is 16.8 Å². The van der Waals surface area contributed by atoms with Gasteiger partial charge in [-0.1, -0.05) is 0 Å². The maximum atomic E-state index is 13.7. The Morgan fingerprint density at radius 2 is 2.10 bits per heavy atom. The van der Waals surface area contributed by atoms with Gasteiger partial charge in [-0.2, -0.15) is 9.57 Å². The first-order valence-electron chi connectivity index (χ1n) is 11.1. The smallest absolute Gasteiger partial charge is 0.247 e. The normalized spacial score (nSPS) is 24.3. The summed E-state index contributed by atoms with van der Waals surface area (Å²) in [6.45, 7) is 8.77. The first-order chi connectivity index (χ1) is 14.7. The third kappa shape index (κ3) is 4.85. The van der Waals surface area contributed by atoms with Gasteiger partial charge in [-0.15, -0.1) is 0 Å². The van der Waals surface area contributed by atoms with Gasteiger partial charge in [0.25, 0.3) is 0 Å². The molecule has 1 saturated heterocycles. The fourth-order valence-corrected chi connectivity index (χ4v) is 6.43. The molecule has 2 heterocycles. The summed E-state index contributed by atoms with van der Waals surface area (Å²) < 4.78 is 28.7. The summed E-state index contributed by atoms with van der Waals surface area (Å²) in [5.41, 5.74) is 0.747. The molecule has 1 amide bonds. The highest BCUT2D eigenvalue weighted by atomic mass is 32.2. The zero-order chi connectivity index (χ0) is 22.8. The van der Waals surface area contributed by atoms with Gasteiger partial charge in [0.15, 0.2) is 0 Å². The minimum atomic E-state index is -3.90. The SMILES string of the molecule is CCN(c1nc(C)ccc1S(=O)(=O)N1CCC[C@H]1C(=O)N[C@@H]1CC[C@H](C#N)C1)C(C)C. The summed E-state index contributed by atoms with van der Waals surface area (Å²) in [4.78, 5) is 19.7. The molecule has 31 heavy (non-hydrogen) atoms. The number of aromatic nitrogens is 1. The third-order valence-electron chi connectivity index (χ3n) is 6.27. The first kappa shape index (κ1) is 23.5. The van der Waals surface area contributed by atoms with Crippen LogP contribution < -0.4 is 10.2 Å². The molecule has 2 fully saturated rings. The molecule has 1 aliphatic heterocycles. The summed E-state index contributed by atoms with van der Waals surface area (Å²) in [6, 6.07) is 4.87. The Hall–Kier alpha value is -2.18. The van der Waals surface area contributed by atoms with Gasteiger partial charge in [0.2, 0.25) is 15.9 Å². The number of carbonyl (C=O) groups excluding carboxylic acids is 1. The van der Waals surface area contributed by atoms with Gasteiger partial charge in [-0.05, 0) is 71.9 Å². The number of rotatable bonds is 7. The molecule has 8 nitrogen and oxygen atoms in total. The monoisotopic (exact) mass is 447 g/mol. The number of anilines is 1. The highest BCUT2D eigenvalue weighted by Gasteiger charge is 2.42. The van der Waals surface area contributed by atoms with E-state index in [4.69, 9.17) is 5.26 Å². The molecule has 0 radical (unpaired) electrons. The van der Waals surface area contributed by atoms with Crippen molar-refractivity contribution in [2.45, 2.75) is 82.8 Å². The number of nitriles is 1. The van der Waals surface area contributed by atoms with Crippen molar-refractivity contribution in [3.63, 3.8) is 0 Å². The van der Waals surface area contributed by atoms with Crippen molar-refractivity contribution in [2.75, 3.05) is 18.0 Å². The summed E-state index contributed by atoms with van der Waals surface area (Å²) in [5.74, 6) is 0.143. The number of pyridine rings is 1. The number of carbonyl (C=O) groups is 1. The Balaban J connectivity index is 1.87. The highest BCUT2D eigenvalue weighted by molar-refractivity contribution is 7.89. The molecule has 170 valence electrons. The quantitative estimate of drug-likeness (QED) is 0.689. The Kier molecular flexibility index (Phi) is 7.22. The van der Waals surface area contributed by atoms with E-state index < -0.39 is 16.1 Å². The molecule has 0 unspecified atom stereocenters. The molecule has 1 aliphatic carbocycles. The van der Waals surface area contributed by atoms with Crippen LogP contribution in [0.4, 0.5) is 5.82 Å². The lowest BCUT2D eigenvalue weighted by molar-refractivity contribution is -0.124. The van der Waals surface area contributed by atoms with Crippen molar-refractivity contribution in [1.29, 1.82) is 5.26 Å². The van der Waals surface area contributed by atoms with E-state index in [2.05, 4.69) is 16.4 Å². The number of sulfonamides is 1. The van der Waals surface area contributed by atoms with Crippen LogP contribution in [0.3, 0.4) is 0 Å². The Morgan fingerprint density at radius 1 is 1.35 bits per heavy atom. The summed E-state index contributed by atoms with van der Waals surface area (Å²) in [6.07, 6.45) is 3.30. The van der Waals surface area contributed by atoms with E-state index in [1.165, 1.54) is 4.31 Å². The second kappa shape index (κ2) is 9.53. The van der Waals surface area contributed by atoms with E-state index in [9.17, 15) is 13.2 Å². The predicted molar refractivity (Wildman–Crippen MR) is 119 cm³/mol. The van der Waals surface area contributed by atoms with Crippen molar-refractivity contribution in [2.24, 2.45) is 5.92 Å². The molecule has 1 aromatic heterocycles. The van der Waals surface area contributed by atoms with Crippen LogP contribution in [-0.4, -0.2) is 54.8 Å². The van der Waals surface area contributed by atoms with Crippen LogP contribution in [0, 0.1) is 24.2 Å². The van der Waals surface area contributed by atoms with E-state index in [0.29, 0.717) is 38.2 Å². The van der Waals surface area contributed by atoms with E-state index in [1.54, 1.807) is 12.1 Å².